The van der Waals surface area contributed by atoms with Gasteiger partial charge in [-0.25, -0.2) is 0 Å². The van der Waals surface area contributed by atoms with Crippen LogP contribution in [-0.4, -0.2) is 20.9 Å². The van der Waals surface area contributed by atoms with E-state index in [2.05, 4.69) is 121 Å². The van der Waals surface area contributed by atoms with Crippen LogP contribution in [0.4, 0.5) is 0 Å². The van der Waals surface area contributed by atoms with Crippen molar-refractivity contribution in [1.29, 1.82) is 0 Å². The fourth-order valence-electron chi connectivity index (χ4n) is 6.31. The molecule has 1 N–H and O–H groups in total. The van der Waals surface area contributed by atoms with E-state index in [-0.39, 0.29) is 37.5 Å². The van der Waals surface area contributed by atoms with Crippen molar-refractivity contribution in [3.8, 4) is 11.5 Å². The predicted molar refractivity (Wildman–Crippen MR) is 226 cm³/mol. The summed E-state index contributed by atoms with van der Waals surface area (Å²) in [5.41, 5.74) is 4.64. The number of esters is 1. The zero-order valence-corrected chi connectivity index (χ0v) is 36.2. The molecule has 0 amide bonds. The molecule has 53 heavy (non-hydrogen) atoms. The second kappa shape index (κ2) is 15.3. The highest BCUT2D eigenvalue weighted by Gasteiger charge is 2.33. The van der Waals surface area contributed by atoms with E-state index in [4.69, 9.17) is 4.74 Å². The summed E-state index contributed by atoms with van der Waals surface area (Å²) in [5.74, 6) is -0.0429. The second-order valence-electron chi connectivity index (χ2n) is 18.8. The maximum atomic E-state index is 14.0. The molecule has 0 aliphatic carbocycles. The smallest absolute Gasteiger partial charge is 0.318 e. The lowest BCUT2D eigenvalue weighted by molar-refractivity contribution is -0.135. The lowest BCUT2D eigenvalue weighted by atomic mass is 9.79. The number of rotatable bonds is 9. The van der Waals surface area contributed by atoms with Gasteiger partial charge in [0.25, 0.3) is 0 Å². The zero-order valence-electron chi connectivity index (χ0n) is 34.6. The van der Waals surface area contributed by atoms with Crippen LogP contribution in [0, 0.1) is 0 Å². The van der Waals surface area contributed by atoms with Crippen LogP contribution in [0.2, 0.25) is 0 Å². The number of hydrogen-bond acceptors (Lipinski definition) is 6. The molecule has 0 saturated carbocycles. The number of phenolic OH excluding ortho intramolecular Hbond substituents is 1. The first-order chi connectivity index (χ1) is 24.2. The summed E-state index contributed by atoms with van der Waals surface area (Å²) in [4.78, 5) is 29.5. The highest BCUT2D eigenvalue weighted by atomic mass is 32.2. The Labute approximate surface area is 327 Å². The van der Waals surface area contributed by atoms with Gasteiger partial charge < -0.3 is 9.84 Å². The Morgan fingerprint density at radius 1 is 0.566 bits per heavy atom. The molecule has 0 radical (unpaired) electrons. The molecular weight excluding hydrogens is 693 g/mol. The third-order valence-electron chi connectivity index (χ3n) is 9.35. The normalized spacial score (nSPS) is 13.5. The summed E-state index contributed by atoms with van der Waals surface area (Å²) >= 11 is 3.59. The van der Waals surface area contributed by atoms with Crippen molar-refractivity contribution in [2.75, 3.05) is 0 Å². The van der Waals surface area contributed by atoms with E-state index in [1.807, 2.05) is 37.3 Å². The van der Waals surface area contributed by atoms with Gasteiger partial charge in [0, 0.05) is 43.2 Å². The summed E-state index contributed by atoms with van der Waals surface area (Å²) in [7, 11) is 0. The number of phenols is 1. The Bertz CT molecular complexity index is 1890. The average molecular weight is 753 g/mol. The first kappa shape index (κ1) is 42.3. The molecule has 6 heteroatoms. The number of carbonyl (C=O) groups is 2. The minimum atomic E-state index is -0.593. The summed E-state index contributed by atoms with van der Waals surface area (Å²) < 4.78 is 6.17. The van der Waals surface area contributed by atoms with E-state index in [9.17, 15) is 14.7 Å². The van der Waals surface area contributed by atoms with Crippen LogP contribution in [0.3, 0.4) is 0 Å². The van der Waals surface area contributed by atoms with Crippen molar-refractivity contribution in [3.05, 3.63) is 118 Å². The molecule has 4 aromatic carbocycles. The first-order valence-corrected chi connectivity index (χ1v) is 20.2. The minimum absolute atomic E-state index is 0.0815. The summed E-state index contributed by atoms with van der Waals surface area (Å²) in [6.07, 6.45) is 0. The van der Waals surface area contributed by atoms with Crippen molar-refractivity contribution in [2.45, 2.75) is 145 Å². The highest BCUT2D eigenvalue weighted by molar-refractivity contribution is 8.18. The van der Waals surface area contributed by atoms with Crippen LogP contribution < -0.4 is 4.74 Å². The lowest BCUT2D eigenvalue weighted by Gasteiger charge is -2.32. The molecule has 4 aromatic rings. The zero-order chi connectivity index (χ0) is 39.9. The second-order valence-corrected chi connectivity index (χ2v) is 22.4. The van der Waals surface area contributed by atoms with E-state index in [0.29, 0.717) is 22.6 Å². The number of ether oxygens (including phenoxy) is 1. The molecule has 0 saturated heterocycles. The van der Waals surface area contributed by atoms with Gasteiger partial charge in [0.15, 0.2) is 5.78 Å². The van der Waals surface area contributed by atoms with Crippen molar-refractivity contribution in [3.63, 3.8) is 0 Å². The van der Waals surface area contributed by atoms with Crippen molar-refractivity contribution >= 4 is 35.3 Å². The number of aromatic hydroxyl groups is 1. The first-order valence-electron chi connectivity index (χ1n) is 18.6. The Balaban J connectivity index is 1.71. The van der Waals surface area contributed by atoms with Crippen LogP contribution >= 0.6 is 23.5 Å². The average Bonchev–Trinajstić information content (AvgIpc) is 3.03. The molecule has 0 fully saturated rings. The fourth-order valence-corrected chi connectivity index (χ4v) is 8.90. The quantitative estimate of drug-likeness (QED) is 0.0604. The van der Waals surface area contributed by atoms with Gasteiger partial charge in [0.1, 0.15) is 11.5 Å². The number of hydrogen-bond donors (Lipinski definition) is 1. The predicted octanol–water partition coefficient (Wildman–Crippen LogP) is 13.1. The van der Waals surface area contributed by atoms with E-state index >= 15 is 0 Å². The van der Waals surface area contributed by atoms with Gasteiger partial charge in [-0.15, -0.1) is 23.5 Å². The minimum Gasteiger partial charge on any atom is -0.507 e. The third kappa shape index (κ3) is 10.4. The molecule has 0 aromatic heterocycles. The number of ketones is 1. The maximum absolute atomic E-state index is 14.0. The van der Waals surface area contributed by atoms with E-state index in [0.717, 1.165) is 37.6 Å². The van der Waals surface area contributed by atoms with Crippen molar-refractivity contribution in [1.82, 2.24) is 0 Å². The van der Waals surface area contributed by atoms with E-state index < -0.39 is 5.92 Å². The number of thioether (sulfide) groups is 2. The van der Waals surface area contributed by atoms with Crippen LogP contribution in [0.25, 0.3) is 0 Å². The number of carbonyl (C=O) groups excluding carboxylic acids is 2. The third-order valence-corrected chi connectivity index (χ3v) is 11.8. The lowest BCUT2D eigenvalue weighted by Crippen LogP contribution is -2.24. The van der Waals surface area contributed by atoms with Gasteiger partial charge >= 0.3 is 5.97 Å². The molecule has 0 heterocycles. The largest absolute Gasteiger partial charge is 0.507 e. The van der Waals surface area contributed by atoms with Crippen molar-refractivity contribution in [2.24, 2.45) is 0 Å². The summed E-state index contributed by atoms with van der Waals surface area (Å²) in [5, 5.41) is 11.3. The fraction of sp³-hybridized carbons (Fsp3) is 0.447. The molecule has 284 valence electrons. The molecular formula is C47H60O4S2. The number of benzene rings is 4. The Morgan fingerprint density at radius 3 is 1.42 bits per heavy atom. The molecule has 0 spiro atoms. The molecule has 1 unspecified atom stereocenters. The Morgan fingerprint density at radius 2 is 0.981 bits per heavy atom. The molecule has 0 bridgehead atoms. The van der Waals surface area contributed by atoms with Gasteiger partial charge in [0.05, 0.1) is 10.00 Å². The monoisotopic (exact) mass is 752 g/mol. The maximum Gasteiger partial charge on any atom is 0.318 e. The highest BCUT2D eigenvalue weighted by Crippen LogP contribution is 2.51. The van der Waals surface area contributed by atoms with Crippen LogP contribution in [0.1, 0.15) is 154 Å². The van der Waals surface area contributed by atoms with Gasteiger partial charge in [-0.05, 0) is 78.3 Å². The van der Waals surface area contributed by atoms with Gasteiger partial charge in [-0.3, -0.25) is 9.59 Å². The SMILES string of the molecule is CC(C(=O)Oc1c(C(C)(C)C)cc(SC(C)(C)Sc2cc(C(C)(C)C)c(O)c(C(C)(C)C)c2)cc1C(C)(C)C)c1cccc(C(=O)c2ccccc2)c1. The van der Waals surface area contributed by atoms with Gasteiger partial charge in [-0.1, -0.05) is 132 Å². The molecule has 0 aliphatic heterocycles. The molecule has 4 rings (SSSR count). The summed E-state index contributed by atoms with van der Waals surface area (Å²) in [6, 6.07) is 25.2. The van der Waals surface area contributed by atoms with Gasteiger partial charge in [-0.2, -0.15) is 0 Å². The molecule has 1 atom stereocenters. The van der Waals surface area contributed by atoms with Crippen LogP contribution in [0.15, 0.2) is 88.7 Å². The summed E-state index contributed by atoms with van der Waals surface area (Å²) in [6.45, 7) is 32.1. The Hall–Kier alpha value is -3.48. The van der Waals surface area contributed by atoms with Crippen LogP contribution in [-0.2, 0) is 26.5 Å². The van der Waals surface area contributed by atoms with Crippen LogP contribution in [0.5, 0.6) is 11.5 Å². The molecule has 4 nitrogen and oxygen atoms in total. The Kier molecular flexibility index (Phi) is 12.2. The van der Waals surface area contributed by atoms with Crippen molar-refractivity contribution < 1.29 is 19.4 Å². The molecule has 0 aliphatic rings. The van der Waals surface area contributed by atoms with Gasteiger partial charge in [0.2, 0.25) is 0 Å². The van der Waals surface area contributed by atoms with E-state index in [1.54, 1.807) is 47.8 Å². The van der Waals surface area contributed by atoms with E-state index in [1.165, 1.54) is 0 Å². The topological polar surface area (TPSA) is 63.6 Å². The standard InChI is InChI=1S/C47H60O4S2/c1-29(31-22-19-23-32(24-31)39(48)30-20-17-16-18-21-30)42(50)51-41-37(45(8,9)10)27-34(28-38(41)46(11,12)13)53-47(14,15)52-33-25-35(43(2,3)4)40(49)36(26-33)44(5,6)7/h16-29,49H,1-15H3.